The van der Waals surface area contributed by atoms with E-state index in [9.17, 15) is 9.59 Å². The highest BCUT2D eigenvalue weighted by atomic mass is 35.5. The molecule has 0 aliphatic carbocycles. The number of benzene rings is 2. The van der Waals surface area contributed by atoms with E-state index in [1.807, 2.05) is 42.5 Å². The van der Waals surface area contributed by atoms with Gasteiger partial charge in [0.2, 0.25) is 0 Å². The minimum atomic E-state index is -0.332. The van der Waals surface area contributed by atoms with Crippen LogP contribution in [0.25, 0.3) is 11.3 Å². The molecule has 3 aromatic rings. The van der Waals surface area contributed by atoms with E-state index in [-0.39, 0.29) is 17.9 Å². The van der Waals surface area contributed by atoms with Gasteiger partial charge < -0.3 is 14.5 Å². The minimum absolute atomic E-state index is 0.0898. The van der Waals surface area contributed by atoms with Gasteiger partial charge in [-0.15, -0.1) is 0 Å². The number of nitrogens with one attached hydrogen (secondary N) is 2. The third-order valence-electron chi connectivity index (χ3n) is 6.15. The van der Waals surface area contributed by atoms with Crippen LogP contribution in [0.1, 0.15) is 35.4 Å². The number of hydrogen-bond acceptors (Lipinski definition) is 6. The Morgan fingerprint density at radius 1 is 1.00 bits per heavy atom. The second kappa shape index (κ2) is 13.7. The van der Waals surface area contributed by atoms with Crippen molar-refractivity contribution in [3.05, 3.63) is 83.1 Å². The first-order valence-corrected chi connectivity index (χ1v) is 12.8. The number of furan rings is 1. The molecule has 8 nitrogen and oxygen atoms in total. The third-order valence-corrected chi connectivity index (χ3v) is 6.48. The van der Waals surface area contributed by atoms with Crippen LogP contribution >= 0.6 is 11.6 Å². The van der Waals surface area contributed by atoms with Gasteiger partial charge in [-0.25, -0.2) is 5.43 Å². The van der Waals surface area contributed by atoms with Gasteiger partial charge in [0.05, 0.1) is 30.5 Å². The summed E-state index contributed by atoms with van der Waals surface area (Å²) in [6, 6.07) is 19.8. The molecular weight excluding hydrogens is 492 g/mol. The summed E-state index contributed by atoms with van der Waals surface area (Å²) in [6.07, 6.45) is 3.69. The van der Waals surface area contributed by atoms with Crippen LogP contribution in [0.4, 0.5) is 0 Å². The van der Waals surface area contributed by atoms with E-state index in [4.69, 9.17) is 20.8 Å². The number of hydrogen-bond donors (Lipinski definition) is 2. The van der Waals surface area contributed by atoms with E-state index in [0.717, 1.165) is 18.4 Å². The minimum Gasteiger partial charge on any atom is -0.455 e. The molecule has 0 unspecified atom stereocenters. The molecule has 1 atom stereocenters. The molecular formula is C28H31ClN4O4. The highest BCUT2D eigenvalue weighted by Gasteiger charge is 2.27. The van der Waals surface area contributed by atoms with Crippen LogP contribution in [-0.2, 0) is 9.53 Å². The fraction of sp³-hybridized carbons (Fsp3) is 0.321. The van der Waals surface area contributed by atoms with Gasteiger partial charge in [-0.2, -0.15) is 5.10 Å². The monoisotopic (exact) mass is 522 g/mol. The number of halogens is 1. The van der Waals surface area contributed by atoms with Gasteiger partial charge in [-0.05, 0) is 55.7 Å². The number of rotatable bonds is 11. The maximum Gasteiger partial charge on any atom is 0.257 e. The second-order valence-electron chi connectivity index (χ2n) is 8.70. The van der Waals surface area contributed by atoms with Crippen molar-refractivity contribution in [2.24, 2.45) is 5.10 Å². The number of ether oxygens (including phenoxy) is 1. The molecule has 9 heteroatoms. The van der Waals surface area contributed by atoms with Gasteiger partial charge in [-0.1, -0.05) is 41.9 Å². The molecule has 0 bridgehead atoms. The molecule has 2 amide bonds. The van der Waals surface area contributed by atoms with Crippen molar-refractivity contribution in [1.29, 1.82) is 0 Å². The van der Waals surface area contributed by atoms with Crippen LogP contribution in [0.2, 0.25) is 5.02 Å². The SMILES string of the molecule is O=C(NCCCC[C@@H](C(=O)N/N=C/c1ccc(-c2ccccc2Cl)o1)N1CCOCC1)c1ccccc1. The van der Waals surface area contributed by atoms with Crippen molar-refractivity contribution in [2.45, 2.75) is 25.3 Å². The van der Waals surface area contributed by atoms with Crippen LogP contribution in [0.3, 0.4) is 0 Å². The summed E-state index contributed by atoms with van der Waals surface area (Å²) in [5.41, 5.74) is 4.09. The molecule has 0 spiro atoms. The molecule has 2 heterocycles. The first-order valence-electron chi connectivity index (χ1n) is 12.4. The molecule has 1 saturated heterocycles. The van der Waals surface area contributed by atoms with Crippen molar-refractivity contribution < 1.29 is 18.7 Å². The summed E-state index contributed by atoms with van der Waals surface area (Å²) in [6.45, 7) is 3.11. The van der Waals surface area contributed by atoms with E-state index in [2.05, 4.69) is 20.7 Å². The smallest absolute Gasteiger partial charge is 0.257 e. The molecule has 37 heavy (non-hydrogen) atoms. The average Bonchev–Trinajstić information content (AvgIpc) is 3.40. The molecule has 0 radical (unpaired) electrons. The van der Waals surface area contributed by atoms with E-state index >= 15 is 0 Å². The highest BCUT2D eigenvalue weighted by Crippen LogP contribution is 2.28. The molecule has 1 aromatic heterocycles. The fourth-order valence-corrected chi connectivity index (χ4v) is 4.42. The summed E-state index contributed by atoms with van der Waals surface area (Å²) in [5, 5.41) is 7.66. The van der Waals surface area contributed by atoms with E-state index in [1.54, 1.807) is 24.3 Å². The number of morpholine rings is 1. The fourth-order valence-electron chi connectivity index (χ4n) is 4.19. The number of nitrogens with zero attached hydrogens (tertiary/aromatic N) is 2. The standard InChI is InChI=1S/C28H31ClN4O4/c29-24-11-5-4-10-23(24)26-14-13-22(37-26)20-31-32-28(35)25(33-16-18-36-19-17-33)12-6-7-15-30-27(34)21-8-2-1-3-9-21/h1-5,8-11,13-14,20,25H,6-7,12,15-19H2,(H,30,34)(H,32,35)/b31-20+/t25-/m0/s1. The molecule has 194 valence electrons. The van der Waals surface area contributed by atoms with E-state index < -0.39 is 0 Å². The Bertz CT molecular complexity index is 1190. The van der Waals surface area contributed by atoms with Gasteiger partial charge in [0.25, 0.3) is 11.8 Å². The molecule has 0 saturated carbocycles. The lowest BCUT2D eigenvalue weighted by molar-refractivity contribution is -0.128. The second-order valence-corrected chi connectivity index (χ2v) is 9.11. The highest BCUT2D eigenvalue weighted by molar-refractivity contribution is 6.33. The summed E-state index contributed by atoms with van der Waals surface area (Å²) >= 11 is 6.24. The molecule has 2 N–H and O–H groups in total. The Kier molecular flexibility index (Phi) is 9.88. The van der Waals surface area contributed by atoms with Crippen molar-refractivity contribution in [3.8, 4) is 11.3 Å². The zero-order valence-corrected chi connectivity index (χ0v) is 21.3. The summed E-state index contributed by atoms with van der Waals surface area (Å²) in [7, 11) is 0. The largest absolute Gasteiger partial charge is 0.455 e. The first kappa shape index (κ1) is 26.6. The zero-order valence-electron chi connectivity index (χ0n) is 20.6. The van der Waals surface area contributed by atoms with Crippen LogP contribution < -0.4 is 10.7 Å². The molecule has 2 aromatic carbocycles. The zero-order chi connectivity index (χ0) is 25.9. The molecule has 1 aliphatic rings. The van der Waals surface area contributed by atoms with Crippen LogP contribution in [0, 0.1) is 0 Å². The van der Waals surface area contributed by atoms with Gasteiger partial charge in [0.1, 0.15) is 11.5 Å². The average molecular weight is 523 g/mol. The third kappa shape index (κ3) is 7.76. The number of carbonyl (C=O) groups is 2. The first-order chi connectivity index (χ1) is 18.1. The Morgan fingerprint density at radius 2 is 1.76 bits per heavy atom. The van der Waals surface area contributed by atoms with Crippen LogP contribution in [-0.4, -0.2) is 61.8 Å². The van der Waals surface area contributed by atoms with Crippen molar-refractivity contribution in [1.82, 2.24) is 15.6 Å². The van der Waals surface area contributed by atoms with Crippen molar-refractivity contribution in [2.75, 3.05) is 32.8 Å². The predicted octanol–water partition coefficient (Wildman–Crippen LogP) is 4.35. The summed E-state index contributed by atoms with van der Waals surface area (Å²) in [5.74, 6) is 0.869. The molecule has 1 fully saturated rings. The summed E-state index contributed by atoms with van der Waals surface area (Å²) in [4.78, 5) is 27.4. The molecule has 1 aliphatic heterocycles. The Morgan fingerprint density at radius 3 is 2.54 bits per heavy atom. The van der Waals surface area contributed by atoms with Crippen LogP contribution in [0.15, 0.2) is 76.2 Å². The van der Waals surface area contributed by atoms with Gasteiger partial charge in [-0.3, -0.25) is 14.5 Å². The number of unbranched alkanes of at least 4 members (excludes halogenated alkanes) is 1. The van der Waals surface area contributed by atoms with Gasteiger partial charge in [0, 0.05) is 30.8 Å². The maximum atomic E-state index is 13.0. The number of carbonyl (C=O) groups excluding carboxylic acids is 2. The Labute approximate surface area is 221 Å². The van der Waals surface area contributed by atoms with E-state index in [1.165, 1.54) is 6.21 Å². The predicted molar refractivity (Wildman–Crippen MR) is 144 cm³/mol. The molecule has 4 rings (SSSR count). The Hall–Kier alpha value is -3.46. The van der Waals surface area contributed by atoms with Crippen molar-refractivity contribution in [3.63, 3.8) is 0 Å². The lowest BCUT2D eigenvalue weighted by Gasteiger charge is -2.33. The number of amides is 2. The lowest BCUT2D eigenvalue weighted by atomic mass is 10.1. The number of hydrazone groups is 1. The lowest BCUT2D eigenvalue weighted by Crippen LogP contribution is -2.50. The van der Waals surface area contributed by atoms with Gasteiger partial charge >= 0.3 is 0 Å². The van der Waals surface area contributed by atoms with Crippen LogP contribution in [0.5, 0.6) is 0 Å². The maximum absolute atomic E-state index is 13.0. The van der Waals surface area contributed by atoms with E-state index in [0.29, 0.717) is 61.4 Å². The summed E-state index contributed by atoms with van der Waals surface area (Å²) < 4.78 is 11.3. The topological polar surface area (TPSA) is 96.2 Å². The quantitative estimate of drug-likeness (QED) is 0.222. The normalized spacial score (nSPS) is 14.9. The Balaban J connectivity index is 1.28. The van der Waals surface area contributed by atoms with Crippen molar-refractivity contribution >= 4 is 29.6 Å². The van der Waals surface area contributed by atoms with Gasteiger partial charge in [0.15, 0.2) is 0 Å².